The van der Waals surface area contributed by atoms with Crippen LogP contribution in [0.25, 0.3) is 10.9 Å². The Kier molecular flexibility index (Phi) is 3.47. The van der Waals surface area contributed by atoms with E-state index in [2.05, 4.69) is 16.4 Å². The van der Waals surface area contributed by atoms with Gasteiger partial charge in [0.05, 0.1) is 11.2 Å². The van der Waals surface area contributed by atoms with Crippen molar-refractivity contribution in [2.45, 2.75) is 6.92 Å². The first kappa shape index (κ1) is 13.4. The van der Waals surface area contributed by atoms with Crippen molar-refractivity contribution in [2.24, 2.45) is 0 Å². The normalized spacial score (nSPS) is 10.3. The molecule has 0 aliphatic rings. The van der Waals surface area contributed by atoms with Gasteiger partial charge in [-0.1, -0.05) is 41.9 Å². The van der Waals surface area contributed by atoms with Crippen molar-refractivity contribution in [1.29, 1.82) is 5.26 Å². The SMILES string of the molecule is Cc1cccc(Nc2c(C#N)c(Cl)nc3ccccc23)c1. The molecule has 1 N–H and O–H groups in total. The van der Waals surface area contributed by atoms with E-state index >= 15 is 0 Å². The molecule has 0 saturated heterocycles. The minimum absolute atomic E-state index is 0.214. The fourth-order valence-electron chi connectivity index (χ4n) is 2.28. The second-order valence-corrected chi connectivity index (χ2v) is 5.13. The maximum atomic E-state index is 9.38. The third-order valence-electron chi connectivity index (χ3n) is 3.25. The molecule has 0 fully saturated rings. The fraction of sp³-hybridized carbons (Fsp3) is 0.0588. The van der Waals surface area contributed by atoms with Crippen molar-refractivity contribution < 1.29 is 0 Å². The first-order valence-corrected chi connectivity index (χ1v) is 6.89. The van der Waals surface area contributed by atoms with Crippen LogP contribution in [-0.2, 0) is 0 Å². The van der Waals surface area contributed by atoms with Gasteiger partial charge < -0.3 is 5.32 Å². The fourth-order valence-corrected chi connectivity index (χ4v) is 2.51. The Hall–Kier alpha value is -2.57. The average Bonchev–Trinajstić information content (AvgIpc) is 2.47. The number of pyridine rings is 1. The van der Waals surface area contributed by atoms with E-state index in [0.717, 1.165) is 22.2 Å². The molecule has 102 valence electrons. The zero-order valence-corrected chi connectivity index (χ0v) is 12.1. The predicted octanol–water partition coefficient (Wildman–Crippen LogP) is 4.81. The summed E-state index contributed by atoms with van der Waals surface area (Å²) in [6, 6.07) is 17.7. The third kappa shape index (κ3) is 2.54. The summed E-state index contributed by atoms with van der Waals surface area (Å²) in [5, 5.41) is 13.8. The maximum absolute atomic E-state index is 9.38. The molecule has 0 radical (unpaired) electrons. The van der Waals surface area contributed by atoms with E-state index in [0.29, 0.717) is 11.3 Å². The summed E-state index contributed by atoms with van der Waals surface area (Å²) in [7, 11) is 0. The van der Waals surface area contributed by atoms with E-state index in [1.807, 2.05) is 55.5 Å². The highest BCUT2D eigenvalue weighted by Gasteiger charge is 2.13. The number of aryl methyl sites for hydroxylation is 1. The van der Waals surface area contributed by atoms with Gasteiger partial charge in [-0.25, -0.2) is 4.98 Å². The molecular formula is C17H12ClN3. The summed E-state index contributed by atoms with van der Waals surface area (Å²) in [5.41, 5.74) is 3.87. The van der Waals surface area contributed by atoms with Crippen molar-refractivity contribution in [3.8, 4) is 6.07 Å². The molecule has 3 aromatic rings. The third-order valence-corrected chi connectivity index (χ3v) is 3.52. The molecule has 0 aliphatic carbocycles. The van der Waals surface area contributed by atoms with Gasteiger partial charge in [0.15, 0.2) is 0 Å². The van der Waals surface area contributed by atoms with Gasteiger partial charge >= 0.3 is 0 Å². The van der Waals surface area contributed by atoms with E-state index in [1.165, 1.54) is 0 Å². The topological polar surface area (TPSA) is 48.7 Å². The van der Waals surface area contributed by atoms with E-state index in [-0.39, 0.29) is 5.15 Å². The molecular weight excluding hydrogens is 282 g/mol. The molecule has 0 amide bonds. The zero-order valence-electron chi connectivity index (χ0n) is 11.4. The van der Waals surface area contributed by atoms with Crippen LogP contribution < -0.4 is 5.32 Å². The number of anilines is 2. The Morgan fingerprint density at radius 2 is 1.95 bits per heavy atom. The van der Waals surface area contributed by atoms with Gasteiger partial charge in [-0.2, -0.15) is 5.26 Å². The first-order valence-electron chi connectivity index (χ1n) is 6.51. The predicted molar refractivity (Wildman–Crippen MR) is 85.9 cm³/mol. The maximum Gasteiger partial charge on any atom is 0.149 e. The molecule has 0 aliphatic heterocycles. The number of nitriles is 1. The molecule has 4 heteroatoms. The minimum atomic E-state index is 0.214. The van der Waals surface area contributed by atoms with Crippen LogP contribution >= 0.6 is 11.6 Å². The van der Waals surface area contributed by atoms with Gasteiger partial charge in [-0.3, -0.25) is 0 Å². The largest absolute Gasteiger partial charge is 0.354 e. The Morgan fingerprint density at radius 1 is 1.14 bits per heavy atom. The lowest BCUT2D eigenvalue weighted by Crippen LogP contribution is -1.98. The van der Waals surface area contributed by atoms with Gasteiger partial charge in [0, 0.05) is 11.1 Å². The summed E-state index contributed by atoms with van der Waals surface area (Å²) < 4.78 is 0. The molecule has 1 heterocycles. The number of nitrogens with zero attached hydrogens (tertiary/aromatic N) is 2. The quantitative estimate of drug-likeness (QED) is 0.690. The summed E-state index contributed by atoms with van der Waals surface area (Å²) >= 11 is 6.13. The number of benzene rings is 2. The van der Waals surface area contributed by atoms with Crippen LogP contribution in [0.2, 0.25) is 5.15 Å². The van der Waals surface area contributed by atoms with Crippen LogP contribution in [0.3, 0.4) is 0 Å². The van der Waals surface area contributed by atoms with Crippen LogP contribution in [0.15, 0.2) is 48.5 Å². The molecule has 0 unspecified atom stereocenters. The Morgan fingerprint density at radius 3 is 2.71 bits per heavy atom. The highest BCUT2D eigenvalue weighted by molar-refractivity contribution is 6.31. The van der Waals surface area contributed by atoms with Gasteiger partial charge in [0.2, 0.25) is 0 Å². The Balaban J connectivity index is 2.22. The summed E-state index contributed by atoms with van der Waals surface area (Å²) in [5.74, 6) is 0. The highest BCUT2D eigenvalue weighted by Crippen LogP contribution is 2.32. The lowest BCUT2D eigenvalue weighted by atomic mass is 10.1. The number of hydrogen-bond acceptors (Lipinski definition) is 3. The minimum Gasteiger partial charge on any atom is -0.354 e. The van der Waals surface area contributed by atoms with E-state index in [1.54, 1.807) is 0 Å². The molecule has 3 nitrogen and oxygen atoms in total. The second kappa shape index (κ2) is 5.43. The standard InChI is InChI=1S/C17H12ClN3/c1-11-5-4-6-12(9-11)20-16-13-7-2-3-8-15(13)21-17(18)14(16)10-19/h2-9H,1H3,(H,20,21). The summed E-state index contributed by atoms with van der Waals surface area (Å²) in [6.07, 6.45) is 0. The molecule has 0 bridgehead atoms. The smallest absolute Gasteiger partial charge is 0.149 e. The molecule has 0 saturated carbocycles. The number of aromatic nitrogens is 1. The molecule has 0 spiro atoms. The van der Waals surface area contributed by atoms with Gasteiger partial charge in [-0.15, -0.1) is 0 Å². The van der Waals surface area contributed by atoms with Crippen molar-refractivity contribution in [3.63, 3.8) is 0 Å². The van der Waals surface area contributed by atoms with Crippen LogP contribution in [0.5, 0.6) is 0 Å². The summed E-state index contributed by atoms with van der Waals surface area (Å²) in [4.78, 5) is 4.27. The van der Waals surface area contributed by atoms with Gasteiger partial charge in [0.1, 0.15) is 16.8 Å². The van der Waals surface area contributed by atoms with Gasteiger partial charge in [-0.05, 0) is 30.7 Å². The number of hydrogen-bond donors (Lipinski definition) is 1. The van der Waals surface area contributed by atoms with Gasteiger partial charge in [0.25, 0.3) is 0 Å². The van der Waals surface area contributed by atoms with E-state index in [9.17, 15) is 5.26 Å². The van der Waals surface area contributed by atoms with Crippen molar-refractivity contribution in [3.05, 3.63) is 64.8 Å². The van der Waals surface area contributed by atoms with Crippen molar-refractivity contribution >= 4 is 33.9 Å². The molecule has 2 aromatic carbocycles. The van der Waals surface area contributed by atoms with Crippen molar-refractivity contribution in [1.82, 2.24) is 4.98 Å². The Bertz CT molecular complexity index is 866. The lowest BCUT2D eigenvalue weighted by Gasteiger charge is -2.13. The van der Waals surface area contributed by atoms with Crippen LogP contribution in [-0.4, -0.2) is 4.98 Å². The van der Waals surface area contributed by atoms with Crippen molar-refractivity contribution in [2.75, 3.05) is 5.32 Å². The summed E-state index contributed by atoms with van der Waals surface area (Å²) in [6.45, 7) is 2.02. The van der Waals surface area contributed by atoms with Crippen LogP contribution in [0.1, 0.15) is 11.1 Å². The monoisotopic (exact) mass is 293 g/mol. The second-order valence-electron chi connectivity index (χ2n) is 4.78. The molecule has 0 atom stereocenters. The van der Waals surface area contributed by atoms with E-state index in [4.69, 9.17) is 11.6 Å². The number of para-hydroxylation sites is 1. The molecule has 3 rings (SSSR count). The number of rotatable bonds is 2. The van der Waals surface area contributed by atoms with E-state index < -0.39 is 0 Å². The highest BCUT2D eigenvalue weighted by atomic mass is 35.5. The van der Waals surface area contributed by atoms with Crippen LogP contribution in [0.4, 0.5) is 11.4 Å². The number of halogens is 1. The lowest BCUT2D eigenvalue weighted by molar-refractivity contribution is 1.36. The zero-order chi connectivity index (χ0) is 14.8. The average molecular weight is 294 g/mol. The molecule has 21 heavy (non-hydrogen) atoms. The Labute approximate surface area is 127 Å². The number of fused-ring (bicyclic) bond motifs is 1. The molecule has 1 aromatic heterocycles. The van der Waals surface area contributed by atoms with Crippen LogP contribution in [0, 0.1) is 18.3 Å². The first-order chi connectivity index (χ1) is 10.2. The number of nitrogens with one attached hydrogen (secondary N) is 1.